The number of rotatable bonds is 9. The van der Waals surface area contributed by atoms with Gasteiger partial charge in [0.05, 0.1) is 0 Å². The van der Waals surface area contributed by atoms with Gasteiger partial charge in [-0.05, 0) is 60.6 Å². The highest BCUT2D eigenvalue weighted by Gasteiger charge is 2.13. The molecule has 0 bridgehead atoms. The molecule has 0 atom stereocenters. The number of hydrogen-bond donors (Lipinski definition) is 0. The fourth-order valence-electron chi connectivity index (χ4n) is 3.11. The summed E-state index contributed by atoms with van der Waals surface area (Å²) in [5.74, 6) is -3.56. The number of hydrogen-bond acceptors (Lipinski definition) is 0. The molecule has 0 aliphatic heterocycles. The second-order valence-electron chi connectivity index (χ2n) is 6.86. The highest BCUT2D eigenvalue weighted by Crippen LogP contribution is 2.22. The molecular weight excluding hydrogens is 352 g/mol. The average Bonchev–Trinajstić information content (AvgIpc) is 2.63. The smallest absolute Gasteiger partial charge is 0.166 e. The Balaban J connectivity index is 2.24. The lowest BCUT2D eigenvalue weighted by Gasteiger charge is -2.09. The van der Waals surface area contributed by atoms with Gasteiger partial charge in [0.15, 0.2) is 23.3 Å². The van der Waals surface area contributed by atoms with Crippen molar-refractivity contribution in [3.63, 3.8) is 0 Å². The van der Waals surface area contributed by atoms with Gasteiger partial charge in [-0.1, -0.05) is 51.3 Å². The summed E-state index contributed by atoms with van der Waals surface area (Å²) in [4.78, 5) is 0. The molecule has 0 aromatic heterocycles. The third-order valence-electron chi connectivity index (χ3n) is 4.48. The summed E-state index contributed by atoms with van der Waals surface area (Å²) < 4.78 is 55.7. The summed E-state index contributed by atoms with van der Waals surface area (Å²) in [7, 11) is 0. The SMILES string of the molecule is CCCCCC=Cc1cc(Cc2cc(F)c(F)c(CCC)c2)cc(F)c1F. The lowest BCUT2D eigenvalue weighted by atomic mass is 9.98. The van der Waals surface area contributed by atoms with E-state index in [2.05, 4.69) is 6.92 Å². The monoisotopic (exact) mass is 378 g/mol. The first-order chi connectivity index (χ1) is 13.0. The zero-order valence-corrected chi connectivity index (χ0v) is 15.9. The fourth-order valence-corrected chi connectivity index (χ4v) is 3.11. The summed E-state index contributed by atoms with van der Waals surface area (Å²) >= 11 is 0. The third kappa shape index (κ3) is 5.95. The Morgan fingerprint density at radius 3 is 2.11 bits per heavy atom. The molecule has 0 nitrogen and oxygen atoms in total. The van der Waals surface area contributed by atoms with Crippen LogP contribution in [0.25, 0.3) is 6.08 Å². The van der Waals surface area contributed by atoms with E-state index in [1.54, 1.807) is 18.2 Å². The molecule has 2 rings (SSSR count). The van der Waals surface area contributed by atoms with Gasteiger partial charge in [-0.25, -0.2) is 17.6 Å². The maximum atomic E-state index is 14.0. The summed E-state index contributed by atoms with van der Waals surface area (Å²) in [5, 5.41) is 0. The molecule has 0 aliphatic rings. The summed E-state index contributed by atoms with van der Waals surface area (Å²) in [6.07, 6.45) is 8.77. The highest BCUT2D eigenvalue weighted by atomic mass is 19.2. The van der Waals surface area contributed by atoms with Crippen molar-refractivity contribution in [2.45, 2.75) is 58.8 Å². The molecule has 0 unspecified atom stereocenters. The van der Waals surface area contributed by atoms with E-state index in [0.29, 0.717) is 29.5 Å². The van der Waals surface area contributed by atoms with E-state index in [1.807, 2.05) is 13.0 Å². The van der Waals surface area contributed by atoms with Gasteiger partial charge in [0.25, 0.3) is 0 Å². The molecule has 0 N–H and O–H groups in total. The van der Waals surface area contributed by atoms with E-state index in [0.717, 1.165) is 37.8 Å². The first kappa shape index (κ1) is 21.2. The number of halogens is 4. The summed E-state index contributed by atoms with van der Waals surface area (Å²) in [5.41, 5.74) is 1.56. The van der Waals surface area contributed by atoms with E-state index in [9.17, 15) is 17.6 Å². The van der Waals surface area contributed by atoms with Crippen molar-refractivity contribution in [2.75, 3.05) is 0 Å². The molecule has 27 heavy (non-hydrogen) atoms. The number of unbranched alkanes of at least 4 members (excludes halogenated alkanes) is 3. The second kappa shape index (κ2) is 10.3. The maximum Gasteiger partial charge on any atom is 0.166 e. The predicted octanol–water partition coefficient (Wildman–Crippen LogP) is 7.38. The van der Waals surface area contributed by atoms with Crippen molar-refractivity contribution in [2.24, 2.45) is 0 Å². The number of allylic oxidation sites excluding steroid dienone is 1. The van der Waals surface area contributed by atoms with Crippen molar-refractivity contribution in [3.05, 3.63) is 75.9 Å². The van der Waals surface area contributed by atoms with Crippen molar-refractivity contribution < 1.29 is 17.6 Å². The zero-order chi connectivity index (χ0) is 19.8. The lowest BCUT2D eigenvalue weighted by molar-refractivity contribution is 0.496. The largest absolute Gasteiger partial charge is 0.204 e. The maximum absolute atomic E-state index is 14.0. The third-order valence-corrected chi connectivity index (χ3v) is 4.48. The Hall–Kier alpha value is -2.10. The van der Waals surface area contributed by atoms with Crippen LogP contribution >= 0.6 is 0 Å². The van der Waals surface area contributed by atoms with Crippen LogP contribution in [-0.4, -0.2) is 0 Å². The zero-order valence-electron chi connectivity index (χ0n) is 15.9. The molecule has 146 valence electrons. The summed E-state index contributed by atoms with van der Waals surface area (Å²) in [6.45, 7) is 3.99. The van der Waals surface area contributed by atoms with Crippen LogP contribution in [0, 0.1) is 23.3 Å². The van der Waals surface area contributed by atoms with Crippen LogP contribution < -0.4 is 0 Å². The topological polar surface area (TPSA) is 0 Å². The molecular formula is C23H26F4. The predicted molar refractivity (Wildman–Crippen MR) is 103 cm³/mol. The molecule has 0 saturated carbocycles. The van der Waals surface area contributed by atoms with Crippen molar-refractivity contribution in [3.8, 4) is 0 Å². The minimum Gasteiger partial charge on any atom is -0.204 e. The highest BCUT2D eigenvalue weighted by molar-refractivity contribution is 5.52. The van der Waals surface area contributed by atoms with Gasteiger partial charge in [-0.15, -0.1) is 0 Å². The van der Waals surface area contributed by atoms with Crippen molar-refractivity contribution in [1.82, 2.24) is 0 Å². The molecule has 0 saturated heterocycles. The van der Waals surface area contributed by atoms with Crippen LogP contribution in [0.1, 0.15) is 68.2 Å². The molecule has 2 aromatic rings. The van der Waals surface area contributed by atoms with Crippen LogP contribution in [0.3, 0.4) is 0 Å². The molecule has 0 radical (unpaired) electrons. The molecule has 0 amide bonds. The first-order valence-corrected chi connectivity index (χ1v) is 9.57. The fraction of sp³-hybridized carbons (Fsp3) is 0.391. The number of benzene rings is 2. The van der Waals surface area contributed by atoms with E-state index < -0.39 is 23.3 Å². The average molecular weight is 378 g/mol. The minimum absolute atomic E-state index is 0.179. The van der Waals surface area contributed by atoms with Crippen LogP contribution in [0.4, 0.5) is 17.6 Å². The normalized spacial score (nSPS) is 11.5. The summed E-state index contributed by atoms with van der Waals surface area (Å²) in [6, 6.07) is 5.40. The van der Waals surface area contributed by atoms with Crippen LogP contribution in [0.5, 0.6) is 0 Å². The van der Waals surface area contributed by atoms with Crippen LogP contribution in [-0.2, 0) is 12.8 Å². The van der Waals surface area contributed by atoms with E-state index in [4.69, 9.17) is 0 Å². The van der Waals surface area contributed by atoms with Gasteiger partial charge in [0, 0.05) is 5.56 Å². The quantitative estimate of drug-likeness (QED) is 0.315. The molecule has 2 aromatic carbocycles. The molecule has 0 fully saturated rings. The Labute approximate surface area is 158 Å². The van der Waals surface area contributed by atoms with Crippen LogP contribution in [0.15, 0.2) is 30.3 Å². The lowest BCUT2D eigenvalue weighted by Crippen LogP contribution is -2.00. The standard InChI is InChI=1S/C23H26F4/c1-3-5-6-7-8-10-19-13-17(15-21(25)23(19)27)11-16-12-18(9-4-2)22(26)20(24)14-16/h8,10,12-15H,3-7,9,11H2,1-2H3. The molecule has 4 heteroatoms. The van der Waals surface area contributed by atoms with Gasteiger partial charge in [0.2, 0.25) is 0 Å². The Morgan fingerprint density at radius 2 is 1.44 bits per heavy atom. The van der Waals surface area contributed by atoms with Crippen molar-refractivity contribution >= 4 is 6.08 Å². The van der Waals surface area contributed by atoms with Crippen LogP contribution in [0.2, 0.25) is 0 Å². The number of aryl methyl sites for hydroxylation is 1. The second-order valence-corrected chi connectivity index (χ2v) is 6.86. The molecule has 0 heterocycles. The van der Waals surface area contributed by atoms with Gasteiger partial charge < -0.3 is 0 Å². The first-order valence-electron chi connectivity index (χ1n) is 9.57. The van der Waals surface area contributed by atoms with E-state index in [1.165, 1.54) is 0 Å². The van der Waals surface area contributed by atoms with Crippen molar-refractivity contribution in [1.29, 1.82) is 0 Å². The molecule has 0 aliphatic carbocycles. The Bertz CT molecular complexity index is 793. The van der Waals surface area contributed by atoms with E-state index in [-0.39, 0.29) is 12.0 Å². The van der Waals surface area contributed by atoms with Gasteiger partial charge in [-0.2, -0.15) is 0 Å². The van der Waals surface area contributed by atoms with E-state index >= 15 is 0 Å². The molecule has 0 spiro atoms. The Kier molecular flexibility index (Phi) is 8.08. The Morgan fingerprint density at radius 1 is 0.778 bits per heavy atom. The van der Waals surface area contributed by atoms with Gasteiger partial charge in [0.1, 0.15) is 0 Å². The van der Waals surface area contributed by atoms with Gasteiger partial charge in [-0.3, -0.25) is 0 Å². The minimum atomic E-state index is -0.933. The van der Waals surface area contributed by atoms with Gasteiger partial charge >= 0.3 is 0 Å².